The molecule has 0 saturated carbocycles. The van der Waals surface area contributed by atoms with Crippen LogP contribution in [0.3, 0.4) is 0 Å². The first-order valence-electron chi connectivity index (χ1n) is 4.82. The normalized spacial score (nSPS) is 18.2. The molecule has 1 heterocycles. The van der Waals surface area contributed by atoms with Crippen molar-refractivity contribution in [2.75, 3.05) is 6.61 Å². The van der Waals surface area contributed by atoms with Crippen molar-refractivity contribution in [1.29, 1.82) is 0 Å². The minimum absolute atomic E-state index is 0.858. The van der Waals surface area contributed by atoms with E-state index in [2.05, 4.69) is 22.0 Å². The fourth-order valence-corrected chi connectivity index (χ4v) is 3.16. The third-order valence-electron chi connectivity index (χ3n) is 2.98. The minimum atomic E-state index is 0.858. The van der Waals surface area contributed by atoms with Gasteiger partial charge < -0.3 is 4.74 Å². The van der Waals surface area contributed by atoms with Gasteiger partial charge in [0, 0.05) is 6.42 Å². The lowest BCUT2D eigenvalue weighted by molar-refractivity contribution is 0.354. The molecule has 0 spiro atoms. The number of ether oxygens (including phenoxy) is 1. The minimum Gasteiger partial charge on any atom is -0.492 e. The summed E-state index contributed by atoms with van der Waals surface area (Å²) in [7, 11) is 0. The van der Waals surface area contributed by atoms with E-state index in [0.29, 0.717) is 0 Å². The van der Waals surface area contributed by atoms with Gasteiger partial charge in [0.05, 0.1) is 11.1 Å². The Morgan fingerprint density at radius 3 is 3.00 bits per heavy atom. The second-order valence-corrected chi connectivity index (χ2v) is 4.56. The summed E-state index contributed by atoms with van der Waals surface area (Å²) in [6, 6.07) is 2.34. The van der Waals surface area contributed by atoms with Gasteiger partial charge in [0.2, 0.25) is 0 Å². The third kappa shape index (κ3) is 1.05. The summed E-state index contributed by atoms with van der Waals surface area (Å²) in [6.07, 6.45) is 4.85. The zero-order valence-electron chi connectivity index (χ0n) is 7.40. The van der Waals surface area contributed by atoms with Gasteiger partial charge in [-0.05, 0) is 51.9 Å². The largest absolute Gasteiger partial charge is 0.492 e. The molecule has 0 aromatic heterocycles. The first-order valence-corrected chi connectivity index (χ1v) is 5.61. The second-order valence-electron chi connectivity index (χ2n) is 3.77. The molecule has 1 aromatic carbocycles. The van der Waals surface area contributed by atoms with Crippen LogP contribution in [0, 0.1) is 0 Å². The highest BCUT2D eigenvalue weighted by molar-refractivity contribution is 9.10. The maximum absolute atomic E-state index is 5.61. The molecule has 0 N–H and O–H groups in total. The Labute approximate surface area is 86.2 Å². The van der Waals surface area contributed by atoms with Crippen molar-refractivity contribution in [2.45, 2.75) is 25.7 Å². The summed E-state index contributed by atoms with van der Waals surface area (Å²) in [6.45, 7) is 0.858. The monoisotopic (exact) mass is 238 g/mol. The lowest BCUT2D eigenvalue weighted by Gasteiger charge is -2.07. The standard InChI is InChI=1S/C11H11BrO/c12-10-9-3-1-2-7(9)6-8-4-5-13-11(8)10/h6H,1-5H2. The summed E-state index contributed by atoms with van der Waals surface area (Å²) >= 11 is 3.66. The SMILES string of the molecule is Brc1c2c(cc3c1OCC3)CCC2. The Morgan fingerprint density at radius 1 is 1.15 bits per heavy atom. The van der Waals surface area contributed by atoms with Gasteiger partial charge in [-0.15, -0.1) is 0 Å². The Bertz CT molecular complexity index is 339. The zero-order valence-corrected chi connectivity index (χ0v) is 8.99. The van der Waals surface area contributed by atoms with E-state index in [4.69, 9.17) is 4.74 Å². The highest BCUT2D eigenvalue weighted by Gasteiger charge is 2.23. The molecular formula is C11H11BrO. The molecule has 1 nitrogen and oxygen atoms in total. The first-order chi connectivity index (χ1) is 6.36. The zero-order chi connectivity index (χ0) is 8.84. The summed E-state index contributed by atoms with van der Waals surface area (Å²) < 4.78 is 6.84. The Morgan fingerprint density at radius 2 is 2.08 bits per heavy atom. The van der Waals surface area contributed by atoms with Crippen LogP contribution < -0.4 is 4.74 Å². The number of halogens is 1. The van der Waals surface area contributed by atoms with E-state index < -0.39 is 0 Å². The molecule has 68 valence electrons. The summed E-state index contributed by atoms with van der Waals surface area (Å²) in [5, 5.41) is 0. The summed E-state index contributed by atoms with van der Waals surface area (Å²) in [5.41, 5.74) is 4.42. The Hall–Kier alpha value is -0.500. The van der Waals surface area contributed by atoms with E-state index in [0.717, 1.165) is 18.8 Å². The molecule has 3 rings (SSSR count). The van der Waals surface area contributed by atoms with E-state index in [1.807, 2.05) is 0 Å². The van der Waals surface area contributed by atoms with Crippen molar-refractivity contribution in [2.24, 2.45) is 0 Å². The van der Waals surface area contributed by atoms with Crippen LogP contribution in [0.15, 0.2) is 10.5 Å². The number of fused-ring (bicyclic) bond motifs is 2. The van der Waals surface area contributed by atoms with Crippen molar-refractivity contribution in [3.8, 4) is 5.75 Å². The molecule has 0 unspecified atom stereocenters. The molecule has 0 bridgehead atoms. The number of benzene rings is 1. The molecule has 0 fully saturated rings. The number of hydrogen-bond donors (Lipinski definition) is 0. The average molecular weight is 239 g/mol. The van der Waals surface area contributed by atoms with E-state index >= 15 is 0 Å². The lowest BCUT2D eigenvalue weighted by Crippen LogP contribution is -1.89. The Kier molecular flexibility index (Phi) is 1.66. The quantitative estimate of drug-likeness (QED) is 0.676. The molecular weight excluding hydrogens is 228 g/mol. The predicted molar refractivity (Wildman–Crippen MR) is 55.4 cm³/mol. The van der Waals surface area contributed by atoms with Gasteiger partial charge in [0.1, 0.15) is 5.75 Å². The molecule has 0 saturated heterocycles. The van der Waals surface area contributed by atoms with Gasteiger partial charge in [0.15, 0.2) is 0 Å². The van der Waals surface area contributed by atoms with Gasteiger partial charge >= 0.3 is 0 Å². The van der Waals surface area contributed by atoms with Crippen LogP contribution in [0.5, 0.6) is 5.75 Å². The fraction of sp³-hybridized carbons (Fsp3) is 0.455. The first kappa shape index (κ1) is 7.86. The maximum Gasteiger partial charge on any atom is 0.137 e. The van der Waals surface area contributed by atoms with Gasteiger partial charge in [-0.3, -0.25) is 0 Å². The molecule has 13 heavy (non-hydrogen) atoms. The lowest BCUT2D eigenvalue weighted by atomic mass is 10.0. The molecule has 2 aliphatic rings. The van der Waals surface area contributed by atoms with Crippen molar-refractivity contribution >= 4 is 15.9 Å². The molecule has 1 aliphatic carbocycles. The van der Waals surface area contributed by atoms with Crippen LogP contribution >= 0.6 is 15.9 Å². The average Bonchev–Trinajstić information content (AvgIpc) is 2.71. The number of aryl methyl sites for hydroxylation is 1. The fourth-order valence-electron chi connectivity index (χ4n) is 2.34. The highest BCUT2D eigenvalue weighted by atomic mass is 79.9. The third-order valence-corrected chi connectivity index (χ3v) is 3.82. The van der Waals surface area contributed by atoms with Crippen LogP contribution in [0.25, 0.3) is 0 Å². The smallest absolute Gasteiger partial charge is 0.137 e. The molecule has 0 atom stereocenters. The van der Waals surface area contributed by atoms with Crippen molar-refractivity contribution in [1.82, 2.24) is 0 Å². The second kappa shape index (κ2) is 2.74. The molecule has 0 amide bonds. The van der Waals surface area contributed by atoms with E-state index in [1.165, 1.54) is 40.4 Å². The van der Waals surface area contributed by atoms with E-state index in [1.54, 1.807) is 0 Å². The van der Waals surface area contributed by atoms with Gasteiger partial charge in [-0.2, -0.15) is 0 Å². The number of hydrogen-bond acceptors (Lipinski definition) is 1. The van der Waals surface area contributed by atoms with Crippen LogP contribution in [-0.4, -0.2) is 6.61 Å². The van der Waals surface area contributed by atoms with E-state index in [9.17, 15) is 0 Å². The predicted octanol–water partition coefficient (Wildman–Crippen LogP) is 2.87. The highest BCUT2D eigenvalue weighted by Crippen LogP contribution is 2.41. The molecule has 2 heteroatoms. The van der Waals surface area contributed by atoms with Crippen molar-refractivity contribution < 1.29 is 4.74 Å². The van der Waals surface area contributed by atoms with Crippen LogP contribution in [0.1, 0.15) is 23.1 Å². The van der Waals surface area contributed by atoms with Gasteiger partial charge in [-0.25, -0.2) is 0 Å². The summed E-state index contributed by atoms with van der Waals surface area (Å²) in [5.74, 6) is 1.11. The maximum atomic E-state index is 5.61. The van der Waals surface area contributed by atoms with E-state index in [-0.39, 0.29) is 0 Å². The van der Waals surface area contributed by atoms with Gasteiger partial charge in [0.25, 0.3) is 0 Å². The number of rotatable bonds is 0. The van der Waals surface area contributed by atoms with Crippen molar-refractivity contribution in [3.63, 3.8) is 0 Å². The molecule has 1 aliphatic heterocycles. The van der Waals surface area contributed by atoms with Crippen LogP contribution in [0.2, 0.25) is 0 Å². The van der Waals surface area contributed by atoms with Gasteiger partial charge in [-0.1, -0.05) is 6.07 Å². The summed E-state index contributed by atoms with van der Waals surface area (Å²) in [4.78, 5) is 0. The molecule has 0 radical (unpaired) electrons. The van der Waals surface area contributed by atoms with Crippen LogP contribution in [-0.2, 0) is 19.3 Å². The van der Waals surface area contributed by atoms with Crippen LogP contribution in [0.4, 0.5) is 0 Å². The molecule has 1 aromatic rings. The van der Waals surface area contributed by atoms with Crippen molar-refractivity contribution in [3.05, 3.63) is 27.2 Å². The topological polar surface area (TPSA) is 9.23 Å². The Balaban J connectivity index is 2.26.